The maximum Gasteiger partial charge on any atom is 0.416 e. The lowest BCUT2D eigenvalue weighted by molar-refractivity contribution is -0.137. The Morgan fingerprint density at radius 1 is 1.08 bits per heavy atom. The zero-order chi connectivity index (χ0) is 27.8. The van der Waals surface area contributed by atoms with Gasteiger partial charge >= 0.3 is 6.18 Å². The fraction of sp³-hybridized carbons (Fsp3) is 0.259. The SMILES string of the molecule is O=C(CS(=O)(=O)c1cc2ccccc2o1)NC/C(F)=C1\CCCc2cnn(Cc3ccc(C(F)(F)F)cc3)c21. The van der Waals surface area contributed by atoms with E-state index in [4.69, 9.17) is 4.42 Å². The Hall–Kier alpha value is -3.93. The van der Waals surface area contributed by atoms with E-state index in [-0.39, 0.29) is 11.6 Å². The number of hydrogen-bond donors (Lipinski definition) is 1. The van der Waals surface area contributed by atoms with Crippen molar-refractivity contribution in [3.63, 3.8) is 0 Å². The zero-order valence-electron chi connectivity index (χ0n) is 20.5. The smallest absolute Gasteiger partial charge is 0.416 e. The van der Waals surface area contributed by atoms with E-state index in [0.29, 0.717) is 47.1 Å². The Kier molecular flexibility index (Phi) is 7.06. The lowest BCUT2D eigenvalue weighted by Crippen LogP contribution is -2.31. The molecule has 4 aromatic rings. The number of halogens is 4. The highest BCUT2D eigenvalue weighted by Gasteiger charge is 2.30. The van der Waals surface area contributed by atoms with Gasteiger partial charge in [-0.2, -0.15) is 18.3 Å². The zero-order valence-corrected chi connectivity index (χ0v) is 21.3. The van der Waals surface area contributed by atoms with Gasteiger partial charge in [-0.25, -0.2) is 12.8 Å². The number of carbonyl (C=O) groups is 1. The van der Waals surface area contributed by atoms with Crippen LogP contribution in [0.1, 0.15) is 35.2 Å². The largest absolute Gasteiger partial charge is 0.445 e. The quantitative estimate of drug-likeness (QED) is 0.309. The lowest BCUT2D eigenvalue weighted by Gasteiger charge is -2.19. The van der Waals surface area contributed by atoms with Crippen LogP contribution in [0.4, 0.5) is 17.6 Å². The number of aromatic nitrogens is 2. The molecule has 0 unspecified atom stereocenters. The van der Waals surface area contributed by atoms with Crippen LogP contribution in [0.15, 0.2) is 76.1 Å². The van der Waals surface area contributed by atoms with Crippen LogP contribution in [0.5, 0.6) is 0 Å². The van der Waals surface area contributed by atoms with Crippen LogP contribution in [0, 0.1) is 0 Å². The van der Waals surface area contributed by atoms with Crippen LogP contribution in [0.3, 0.4) is 0 Å². The van der Waals surface area contributed by atoms with Gasteiger partial charge in [-0.3, -0.25) is 9.48 Å². The Labute approximate surface area is 221 Å². The van der Waals surface area contributed by atoms with Crippen LogP contribution in [0.2, 0.25) is 0 Å². The van der Waals surface area contributed by atoms with Gasteiger partial charge in [0.1, 0.15) is 17.2 Å². The summed E-state index contributed by atoms with van der Waals surface area (Å²) in [5, 5.41) is 6.86. The summed E-state index contributed by atoms with van der Waals surface area (Å²) in [7, 11) is -4.09. The molecule has 1 amide bonds. The molecule has 0 bridgehead atoms. The molecule has 204 valence electrons. The van der Waals surface area contributed by atoms with Crippen molar-refractivity contribution in [1.29, 1.82) is 0 Å². The minimum Gasteiger partial charge on any atom is -0.445 e. The number of benzene rings is 2. The van der Waals surface area contributed by atoms with E-state index in [1.807, 2.05) is 0 Å². The van der Waals surface area contributed by atoms with Gasteiger partial charge in [0.15, 0.2) is 0 Å². The molecular weight excluding hydrogens is 538 g/mol. The lowest BCUT2D eigenvalue weighted by atomic mass is 9.92. The Balaban J connectivity index is 1.29. The van der Waals surface area contributed by atoms with Crippen LogP contribution >= 0.6 is 0 Å². The molecule has 1 aliphatic rings. The normalized spacial score (nSPS) is 15.3. The van der Waals surface area contributed by atoms with Crippen LogP contribution in [0.25, 0.3) is 16.5 Å². The minimum absolute atomic E-state index is 0.131. The topological polar surface area (TPSA) is 94.2 Å². The fourth-order valence-corrected chi connectivity index (χ4v) is 5.69. The number of nitrogens with one attached hydrogen (secondary N) is 1. The predicted octanol–water partition coefficient (Wildman–Crippen LogP) is 5.30. The molecule has 2 aromatic heterocycles. The molecule has 0 atom stereocenters. The highest BCUT2D eigenvalue weighted by molar-refractivity contribution is 7.92. The van der Waals surface area contributed by atoms with Crippen molar-refractivity contribution >= 4 is 32.3 Å². The first kappa shape index (κ1) is 26.7. The number of rotatable bonds is 7. The fourth-order valence-electron chi connectivity index (χ4n) is 4.58. The predicted molar refractivity (Wildman–Crippen MR) is 135 cm³/mol. The molecular formula is C27H23F4N3O4S. The van der Waals surface area contributed by atoms with Crippen molar-refractivity contribution in [2.75, 3.05) is 12.3 Å². The molecule has 1 N–H and O–H groups in total. The number of allylic oxidation sites excluding steroid dienone is 1. The average Bonchev–Trinajstić information content (AvgIpc) is 3.52. The maximum atomic E-state index is 15.3. The summed E-state index contributed by atoms with van der Waals surface area (Å²) in [5.41, 5.74) is 1.79. The molecule has 0 saturated heterocycles. The molecule has 5 rings (SSSR count). The number of carbonyl (C=O) groups excluding carboxylic acids is 1. The summed E-state index contributed by atoms with van der Waals surface area (Å²) < 4.78 is 86.1. The molecule has 0 aliphatic heterocycles. The Morgan fingerprint density at radius 3 is 2.54 bits per heavy atom. The van der Waals surface area contributed by atoms with Crippen molar-refractivity contribution < 1.29 is 35.2 Å². The van der Waals surface area contributed by atoms with Gasteiger partial charge in [0, 0.05) is 17.0 Å². The number of fused-ring (bicyclic) bond motifs is 2. The third-order valence-electron chi connectivity index (χ3n) is 6.49. The van der Waals surface area contributed by atoms with Crippen LogP contribution in [-0.4, -0.2) is 36.4 Å². The average molecular weight is 562 g/mol. The van der Waals surface area contributed by atoms with Gasteiger partial charge in [-0.05, 0) is 48.6 Å². The number of hydrogen-bond acceptors (Lipinski definition) is 5. The van der Waals surface area contributed by atoms with Crippen molar-refractivity contribution in [2.24, 2.45) is 0 Å². The molecule has 12 heteroatoms. The second kappa shape index (κ2) is 10.3. The summed E-state index contributed by atoms with van der Waals surface area (Å²) in [6.45, 7) is -0.388. The summed E-state index contributed by atoms with van der Waals surface area (Å²) in [6.07, 6.45) is -1.18. The van der Waals surface area contributed by atoms with Gasteiger partial charge in [-0.15, -0.1) is 0 Å². The third-order valence-corrected chi connectivity index (χ3v) is 7.94. The minimum atomic E-state index is -4.45. The van der Waals surface area contributed by atoms with Crippen molar-refractivity contribution in [3.05, 3.63) is 89.0 Å². The molecule has 7 nitrogen and oxygen atoms in total. The van der Waals surface area contributed by atoms with E-state index in [0.717, 1.165) is 17.7 Å². The number of para-hydroxylation sites is 1. The number of alkyl halides is 3. The maximum absolute atomic E-state index is 15.3. The number of aryl methyl sites for hydroxylation is 1. The molecule has 2 aromatic carbocycles. The van der Waals surface area contributed by atoms with E-state index in [1.54, 1.807) is 30.5 Å². The molecule has 0 spiro atoms. The second-order valence-corrected chi connectivity index (χ2v) is 11.2. The third kappa shape index (κ3) is 5.75. The van der Waals surface area contributed by atoms with E-state index < -0.39 is 45.6 Å². The van der Waals surface area contributed by atoms with E-state index in [1.165, 1.54) is 22.9 Å². The van der Waals surface area contributed by atoms with Gasteiger partial charge in [0.05, 0.1) is 30.5 Å². The van der Waals surface area contributed by atoms with Gasteiger partial charge in [-0.1, -0.05) is 30.3 Å². The highest BCUT2D eigenvalue weighted by atomic mass is 32.2. The Bertz CT molecular complexity index is 1640. The molecule has 0 fully saturated rings. The highest BCUT2D eigenvalue weighted by Crippen LogP contribution is 2.34. The summed E-state index contributed by atoms with van der Waals surface area (Å²) in [4.78, 5) is 12.4. The van der Waals surface area contributed by atoms with Gasteiger partial charge in [0.25, 0.3) is 0 Å². The molecule has 1 aliphatic carbocycles. The van der Waals surface area contributed by atoms with Crippen molar-refractivity contribution in [1.82, 2.24) is 15.1 Å². The van der Waals surface area contributed by atoms with Crippen LogP contribution in [-0.2, 0) is 33.8 Å². The Morgan fingerprint density at radius 2 is 1.82 bits per heavy atom. The first-order valence-corrected chi connectivity index (χ1v) is 13.7. The van der Waals surface area contributed by atoms with E-state index in [9.17, 15) is 26.4 Å². The summed E-state index contributed by atoms with van der Waals surface area (Å²) in [5.74, 6) is -2.44. The second-order valence-electron chi connectivity index (χ2n) is 9.25. The van der Waals surface area contributed by atoms with Gasteiger partial charge in [0.2, 0.25) is 20.8 Å². The standard InChI is InChI=1S/C27H23F4N3O4S/c28-22(14-32-24(35)16-39(36,37)25-12-18-4-1-2-7-23(18)38-25)21-6-3-5-19-13-33-34(26(19)21)15-17-8-10-20(11-9-17)27(29,30)31/h1-2,4,7-13H,3,5-6,14-16H2,(H,32,35)/b22-21-. The monoisotopic (exact) mass is 561 g/mol. The summed E-state index contributed by atoms with van der Waals surface area (Å²) in [6, 6.07) is 12.7. The first-order chi connectivity index (χ1) is 18.5. The molecule has 0 radical (unpaired) electrons. The molecule has 39 heavy (non-hydrogen) atoms. The summed E-state index contributed by atoms with van der Waals surface area (Å²) >= 11 is 0. The van der Waals surface area contributed by atoms with E-state index in [2.05, 4.69) is 10.4 Å². The van der Waals surface area contributed by atoms with Crippen molar-refractivity contribution in [3.8, 4) is 0 Å². The number of sulfone groups is 1. The molecule has 0 saturated carbocycles. The number of nitrogens with zero attached hydrogens (tertiary/aromatic N) is 2. The first-order valence-electron chi connectivity index (χ1n) is 12.1. The number of furan rings is 1. The molecule has 2 heterocycles. The number of amides is 1. The van der Waals surface area contributed by atoms with Crippen molar-refractivity contribution in [2.45, 2.75) is 37.1 Å². The van der Waals surface area contributed by atoms with E-state index >= 15 is 4.39 Å². The van der Waals surface area contributed by atoms with Crippen LogP contribution < -0.4 is 5.32 Å². The van der Waals surface area contributed by atoms with Gasteiger partial charge < -0.3 is 9.73 Å².